The molecule has 20 heavy (non-hydrogen) atoms. The predicted molar refractivity (Wildman–Crippen MR) is 74.8 cm³/mol. The van der Waals surface area contributed by atoms with Crippen molar-refractivity contribution < 1.29 is 14.7 Å². The van der Waals surface area contributed by atoms with Crippen molar-refractivity contribution in [1.29, 1.82) is 0 Å². The zero-order valence-electron chi connectivity index (χ0n) is 10.5. The number of benzene rings is 1. The van der Waals surface area contributed by atoms with Crippen molar-refractivity contribution in [3.05, 3.63) is 39.9 Å². The smallest absolute Gasteiger partial charge is 0.337 e. The molecule has 0 saturated carbocycles. The minimum Gasteiger partial charge on any atom is -0.478 e. The Bertz CT molecular complexity index is 668. The summed E-state index contributed by atoms with van der Waals surface area (Å²) in [5.41, 5.74) is 0.159. The summed E-state index contributed by atoms with van der Waals surface area (Å²) < 4.78 is 0.469. The van der Waals surface area contributed by atoms with Gasteiger partial charge in [0.15, 0.2) is 0 Å². The molecule has 1 heterocycles. The van der Waals surface area contributed by atoms with Gasteiger partial charge in [-0.1, -0.05) is 13.0 Å². The topological polar surface area (TPSA) is 108 Å². The van der Waals surface area contributed by atoms with Crippen LogP contribution in [0.3, 0.4) is 0 Å². The maximum atomic E-state index is 12.0. The highest BCUT2D eigenvalue weighted by molar-refractivity contribution is 9.10. The quantitative estimate of drug-likeness (QED) is 0.790. The number of amides is 1. The zero-order valence-corrected chi connectivity index (χ0v) is 12.1. The van der Waals surface area contributed by atoms with Crippen molar-refractivity contribution in [2.75, 3.05) is 5.32 Å². The second kappa shape index (κ2) is 5.83. The second-order valence-corrected chi connectivity index (χ2v) is 4.74. The highest BCUT2D eigenvalue weighted by Gasteiger charge is 2.18. The molecular formula is C12H11BrN4O3. The number of carbonyl (C=O) groups excluding carboxylic acids is 1. The Kier molecular flexibility index (Phi) is 4.14. The van der Waals surface area contributed by atoms with Crippen LogP contribution in [0.1, 0.15) is 33.7 Å². The van der Waals surface area contributed by atoms with Gasteiger partial charge in [-0.05, 0) is 28.1 Å². The van der Waals surface area contributed by atoms with E-state index in [0.717, 1.165) is 0 Å². The van der Waals surface area contributed by atoms with E-state index in [1.165, 1.54) is 6.07 Å². The number of nitrogens with zero attached hydrogens (tertiary/aromatic N) is 2. The normalized spacial score (nSPS) is 10.3. The maximum absolute atomic E-state index is 12.0. The molecule has 1 amide bonds. The third kappa shape index (κ3) is 2.85. The molecule has 0 bridgehead atoms. The van der Waals surface area contributed by atoms with Gasteiger partial charge < -0.3 is 10.4 Å². The van der Waals surface area contributed by atoms with Crippen LogP contribution in [0.4, 0.5) is 5.69 Å². The van der Waals surface area contributed by atoms with E-state index in [2.05, 4.69) is 36.4 Å². The van der Waals surface area contributed by atoms with E-state index >= 15 is 0 Å². The Hall–Kier alpha value is -2.22. The summed E-state index contributed by atoms with van der Waals surface area (Å²) in [6, 6.07) is 4.61. The van der Waals surface area contributed by atoms with Crippen molar-refractivity contribution in [1.82, 2.24) is 15.2 Å². The number of aromatic carboxylic acids is 1. The summed E-state index contributed by atoms with van der Waals surface area (Å²) in [6.07, 6.45) is 0.621. The number of anilines is 1. The highest BCUT2D eigenvalue weighted by Crippen LogP contribution is 2.26. The molecule has 0 saturated heterocycles. The van der Waals surface area contributed by atoms with E-state index in [-0.39, 0.29) is 17.1 Å². The summed E-state index contributed by atoms with van der Waals surface area (Å²) in [6.45, 7) is 1.87. The average Bonchev–Trinajstić information content (AvgIpc) is 2.89. The molecule has 2 aromatic rings. The molecule has 0 unspecified atom stereocenters. The van der Waals surface area contributed by atoms with Crippen LogP contribution in [-0.2, 0) is 6.42 Å². The lowest BCUT2D eigenvalue weighted by molar-refractivity contribution is 0.0698. The summed E-state index contributed by atoms with van der Waals surface area (Å²) in [4.78, 5) is 27.1. The number of nitrogens with one attached hydrogen (secondary N) is 2. The van der Waals surface area contributed by atoms with Crippen LogP contribution in [0, 0.1) is 0 Å². The van der Waals surface area contributed by atoms with E-state index < -0.39 is 11.9 Å². The molecule has 0 radical (unpaired) electrons. The number of halogens is 1. The maximum Gasteiger partial charge on any atom is 0.337 e. The number of H-pyrrole nitrogens is 1. The van der Waals surface area contributed by atoms with Crippen LogP contribution in [0.5, 0.6) is 0 Å². The van der Waals surface area contributed by atoms with Gasteiger partial charge in [0.05, 0.1) is 11.3 Å². The molecule has 0 aliphatic heterocycles. The van der Waals surface area contributed by atoms with Crippen molar-refractivity contribution in [3.63, 3.8) is 0 Å². The van der Waals surface area contributed by atoms with Gasteiger partial charge in [0, 0.05) is 10.9 Å². The lowest BCUT2D eigenvalue weighted by Crippen LogP contribution is -2.16. The Labute approximate surface area is 122 Å². The van der Waals surface area contributed by atoms with E-state index in [4.69, 9.17) is 5.11 Å². The lowest BCUT2D eigenvalue weighted by atomic mass is 10.2. The molecule has 2 rings (SSSR count). The highest BCUT2D eigenvalue weighted by atomic mass is 79.9. The first kappa shape index (κ1) is 14.2. The van der Waals surface area contributed by atoms with Crippen LogP contribution >= 0.6 is 15.9 Å². The van der Waals surface area contributed by atoms with E-state index in [0.29, 0.717) is 16.7 Å². The molecule has 3 N–H and O–H groups in total. The lowest BCUT2D eigenvalue weighted by Gasteiger charge is -2.08. The van der Waals surface area contributed by atoms with Gasteiger partial charge in [0.25, 0.3) is 5.91 Å². The zero-order chi connectivity index (χ0) is 14.7. The van der Waals surface area contributed by atoms with Crippen molar-refractivity contribution in [2.45, 2.75) is 13.3 Å². The molecule has 8 heteroatoms. The van der Waals surface area contributed by atoms with Crippen molar-refractivity contribution >= 4 is 33.5 Å². The van der Waals surface area contributed by atoms with Gasteiger partial charge in [-0.25, -0.2) is 9.78 Å². The van der Waals surface area contributed by atoms with E-state index in [1.807, 2.05) is 6.92 Å². The second-order valence-electron chi connectivity index (χ2n) is 3.88. The number of aromatic nitrogens is 3. The number of rotatable bonds is 4. The summed E-state index contributed by atoms with van der Waals surface area (Å²) in [5, 5.41) is 18.0. The molecule has 7 nitrogen and oxygen atoms in total. The first-order valence-electron chi connectivity index (χ1n) is 5.77. The molecule has 1 aromatic heterocycles. The third-order valence-electron chi connectivity index (χ3n) is 2.55. The van der Waals surface area contributed by atoms with Gasteiger partial charge in [0.1, 0.15) is 5.82 Å². The molecular weight excluding hydrogens is 328 g/mol. The van der Waals surface area contributed by atoms with Gasteiger partial charge in [-0.3, -0.25) is 9.89 Å². The molecule has 104 valence electrons. The van der Waals surface area contributed by atoms with Crippen molar-refractivity contribution in [3.8, 4) is 0 Å². The third-order valence-corrected chi connectivity index (χ3v) is 3.21. The van der Waals surface area contributed by atoms with Crippen LogP contribution in [0.15, 0.2) is 22.7 Å². The minimum absolute atomic E-state index is 0.0148. The molecule has 0 spiro atoms. The first-order valence-corrected chi connectivity index (χ1v) is 6.56. The van der Waals surface area contributed by atoms with Gasteiger partial charge in [-0.15, -0.1) is 5.10 Å². The van der Waals surface area contributed by atoms with Crippen LogP contribution in [-0.4, -0.2) is 32.2 Å². The van der Waals surface area contributed by atoms with Gasteiger partial charge >= 0.3 is 5.97 Å². The Balaban J connectivity index is 2.30. The summed E-state index contributed by atoms with van der Waals surface area (Å²) in [7, 11) is 0. The number of carbonyl (C=O) groups is 2. The summed E-state index contributed by atoms with van der Waals surface area (Å²) in [5.74, 6) is -1.16. The van der Waals surface area contributed by atoms with Gasteiger partial charge in [-0.2, -0.15) is 0 Å². The molecule has 1 aromatic carbocycles. The fraction of sp³-hybridized carbons (Fsp3) is 0.167. The Morgan fingerprint density at radius 2 is 2.20 bits per heavy atom. The fourth-order valence-electron chi connectivity index (χ4n) is 1.55. The average molecular weight is 339 g/mol. The van der Waals surface area contributed by atoms with Crippen LogP contribution < -0.4 is 5.32 Å². The van der Waals surface area contributed by atoms with Crippen LogP contribution in [0.25, 0.3) is 0 Å². The Morgan fingerprint density at radius 1 is 1.45 bits per heavy atom. The summed E-state index contributed by atoms with van der Waals surface area (Å²) >= 11 is 3.21. The minimum atomic E-state index is -1.13. The molecule has 0 fully saturated rings. The Morgan fingerprint density at radius 3 is 2.80 bits per heavy atom. The molecule has 0 aliphatic rings. The largest absolute Gasteiger partial charge is 0.478 e. The van der Waals surface area contributed by atoms with E-state index in [9.17, 15) is 9.59 Å². The monoisotopic (exact) mass is 338 g/mol. The first-order chi connectivity index (χ1) is 9.52. The molecule has 0 atom stereocenters. The van der Waals surface area contributed by atoms with Gasteiger partial charge in [0.2, 0.25) is 5.82 Å². The van der Waals surface area contributed by atoms with E-state index in [1.54, 1.807) is 12.1 Å². The number of carboxylic acids is 1. The number of carboxylic acid groups (broad SMARTS) is 1. The number of aromatic amines is 1. The standard InChI is InChI=1S/C12H11BrN4O3/c1-2-8-14-10(17-16-8)11(18)15-9-6(12(19)20)4-3-5-7(9)13/h3-5H,2H2,1H3,(H,15,18)(H,19,20)(H,14,16,17). The number of para-hydroxylation sites is 1. The van der Waals surface area contributed by atoms with Crippen LogP contribution in [0.2, 0.25) is 0 Å². The number of hydrogen-bond acceptors (Lipinski definition) is 4. The fourth-order valence-corrected chi connectivity index (χ4v) is 2.02. The predicted octanol–water partition coefficient (Wildman–Crippen LogP) is 2.08. The SMILES string of the molecule is CCc1nc(C(=O)Nc2c(Br)cccc2C(=O)O)n[nH]1. The molecule has 0 aliphatic carbocycles. The number of aryl methyl sites for hydroxylation is 1. The van der Waals surface area contributed by atoms with Crippen molar-refractivity contribution in [2.24, 2.45) is 0 Å². The number of hydrogen-bond donors (Lipinski definition) is 3.